The predicted molar refractivity (Wildman–Crippen MR) is 93.0 cm³/mol. The molecule has 0 saturated carbocycles. The lowest BCUT2D eigenvalue weighted by Gasteiger charge is -2.24. The molecule has 1 aliphatic heterocycles. The second-order valence-electron chi connectivity index (χ2n) is 6.03. The van der Waals surface area contributed by atoms with Gasteiger partial charge in [-0.25, -0.2) is 12.8 Å². The first-order valence-electron chi connectivity index (χ1n) is 8.03. The third kappa shape index (κ3) is 3.72. The zero-order valence-corrected chi connectivity index (χ0v) is 14.6. The van der Waals surface area contributed by atoms with Crippen LogP contribution in [-0.4, -0.2) is 25.2 Å². The number of nitrogens with one attached hydrogen (secondary N) is 1. The third-order valence-electron chi connectivity index (χ3n) is 4.24. The average molecular weight is 362 g/mol. The van der Waals surface area contributed by atoms with Gasteiger partial charge in [0.25, 0.3) is 0 Å². The summed E-state index contributed by atoms with van der Waals surface area (Å²) in [5.41, 5.74) is 1.33. The molecule has 0 radical (unpaired) electrons. The first-order chi connectivity index (χ1) is 11.9. The van der Waals surface area contributed by atoms with Gasteiger partial charge in [0, 0.05) is 19.2 Å². The van der Waals surface area contributed by atoms with E-state index in [-0.39, 0.29) is 22.7 Å². The second-order valence-corrected chi connectivity index (χ2v) is 7.92. The van der Waals surface area contributed by atoms with Crippen LogP contribution in [0.15, 0.2) is 53.4 Å². The SMILES string of the molecule is CC(=O)Nc1ccc(S(=O)(=O)N2CCCC2c2ccc(F)cc2)cc1. The smallest absolute Gasteiger partial charge is 0.243 e. The minimum absolute atomic E-state index is 0.176. The predicted octanol–water partition coefficient (Wildman–Crippen LogP) is 3.31. The van der Waals surface area contributed by atoms with E-state index < -0.39 is 10.0 Å². The van der Waals surface area contributed by atoms with Crippen molar-refractivity contribution >= 4 is 21.6 Å². The lowest BCUT2D eigenvalue weighted by Crippen LogP contribution is -2.30. The molecule has 1 aliphatic rings. The summed E-state index contributed by atoms with van der Waals surface area (Å²) in [5, 5.41) is 2.61. The molecule has 1 unspecified atom stereocenters. The van der Waals surface area contributed by atoms with E-state index in [1.807, 2.05) is 0 Å². The Hall–Kier alpha value is -2.25. The molecule has 132 valence electrons. The Labute approximate surface area is 146 Å². The molecule has 7 heteroatoms. The number of nitrogens with zero attached hydrogens (tertiary/aromatic N) is 1. The summed E-state index contributed by atoms with van der Waals surface area (Å²) in [6, 6.07) is 11.8. The number of anilines is 1. The van der Waals surface area contributed by atoms with Crippen LogP contribution in [0.2, 0.25) is 0 Å². The van der Waals surface area contributed by atoms with Crippen LogP contribution < -0.4 is 5.32 Å². The van der Waals surface area contributed by atoms with Crippen LogP contribution in [0.1, 0.15) is 31.4 Å². The van der Waals surface area contributed by atoms with E-state index in [1.165, 1.54) is 35.5 Å². The fraction of sp³-hybridized carbons (Fsp3) is 0.278. The number of sulfonamides is 1. The van der Waals surface area contributed by atoms with E-state index in [0.29, 0.717) is 18.7 Å². The molecule has 0 aliphatic carbocycles. The van der Waals surface area contributed by atoms with Crippen molar-refractivity contribution < 1.29 is 17.6 Å². The van der Waals surface area contributed by atoms with Crippen LogP contribution in [0.4, 0.5) is 10.1 Å². The summed E-state index contributed by atoms with van der Waals surface area (Å²) in [5.74, 6) is -0.559. The average Bonchev–Trinajstić information content (AvgIpc) is 3.06. The van der Waals surface area contributed by atoms with Gasteiger partial charge in [-0.15, -0.1) is 0 Å². The van der Waals surface area contributed by atoms with E-state index in [4.69, 9.17) is 0 Å². The van der Waals surface area contributed by atoms with Crippen LogP contribution in [0, 0.1) is 5.82 Å². The number of amides is 1. The first-order valence-corrected chi connectivity index (χ1v) is 9.47. The molecule has 0 spiro atoms. The van der Waals surface area contributed by atoms with Crippen molar-refractivity contribution in [1.29, 1.82) is 0 Å². The van der Waals surface area contributed by atoms with Crippen molar-refractivity contribution in [2.24, 2.45) is 0 Å². The van der Waals surface area contributed by atoms with Crippen molar-refractivity contribution in [3.05, 3.63) is 59.9 Å². The Balaban J connectivity index is 1.87. The lowest BCUT2D eigenvalue weighted by atomic mass is 10.1. The van der Waals surface area contributed by atoms with Crippen LogP contribution >= 0.6 is 0 Å². The summed E-state index contributed by atoms with van der Waals surface area (Å²) >= 11 is 0. The van der Waals surface area contributed by atoms with Crippen molar-refractivity contribution in [2.45, 2.75) is 30.7 Å². The molecule has 0 bridgehead atoms. The number of benzene rings is 2. The molecule has 1 N–H and O–H groups in total. The maximum absolute atomic E-state index is 13.1. The van der Waals surface area contributed by atoms with Gasteiger partial charge in [-0.3, -0.25) is 4.79 Å². The molecule has 0 aromatic heterocycles. The molecular formula is C18H19FN2O3S. The molecule has 1 amide bonds. The third-order valence-corrected chi connectivity index (χ3v) is 6.16. The van der Waals surface area contributed by atoms with Crippen molar-refractivity contribution in [3.63, 3.8) is 0 Å². The lowest BCUT2D eigenvalue weighted by molar-refractivity contribution is -0.114. The van der Waals surface area contributed by atoms with Crippen molar-refractivity contribution in [1.82, 2.24) is 4.31 Å². The Morgan fingerprint density at radius 2 is 1.76 bits per heavy atom. The minimum Gasteiger partial charge on any atom is -0.326 e. The van der Waals surface area contributed by atoms with Gasteiger partial charge >= 0.3 is 0 Å². The highest BCUT2D eigenvalue weighted by atomic mass is 32.2. The Kier molecular flexibility index (Phi) is 4.87. The molecule has 1 saturated heterocycles. The molecule has 3 rings (SSSR count). The van der Waals surface area contributed by atoms with Gasteiger partial charge in [-0.2, -0.15) is 4.31 Å². The van der Waals surface area contributed by atoms with Gasteiger partial charge in [-0.1, -0.05) is 12.1 Å². The highest BCUT2D eigenvalue weighted by Crippen LogP contribution is 2.36. The number of rotatable bonds is 4. The summed E-state index contributed by atoms with van der Waals surface area (Å²) in [6.07, 6.45) is 1.46. The normalized spacial score (nSPS) is 18.2. The van der Waals surface area contributed by atoms with Gasteiger partial charge in [0.15, 0.2) is 0 Å². The monoisotopic (exact) mass is 362 g/mol. The molecule has 5 nitrogen and oxygen atoms in total. The maximum atomic E-state index is 13.1. The topological polar surface area (TPSA) is 66.5 Å². The summed E-state index contributed by atoms with van der Waals surface area (Å²) in [6.45, 7) is 1.82. The number of hydrogen-bond acceptors (Lipinski definition) is 3. The minimum atomic E-state index is -3.66. The van der Waals surface area contributed by atoms with Crippen molar-refractivity contribution in [2.75, 3.05) is 11.9 Å². The van der Waals surface area contributed by atoms with E-state index in [1.54, 1.807) is 24.3 Å². The molecular weight excluding hydrogens is 343 g/mol. The first kappa shape index (κ1) is 17.6. The van der Waals surface area contributed by atoms with Crippen LogP contribution in [-0.2, 0) is 14.8 Å². The van der Waals surface area contributed by atoms with Crippen LogP contribution in [0.25, 0.3) is 0 Å². The number of halogens is 1. The van der Waals surface area contributed by atoms with E-state index in [0.717, 1.165) is 12.0 Å². The molecule has 2 aromatic rings. The number of hydrogen-bond donors (Lipinski definition) is 1. The van der Waals surface area contributed by atoms with E-state index in [9.17, 15) is 17.6 Å². The summed E-state index contributed by atoms with van der Waals surface area (Å²) in [4.78, 5) is 11.2. The van der Waals surface area contributed by atoms with Crippen LogP contribution in [0.3, 0.4) is 0 Å². The molecule has 25 heavy (non-hydrogen) atoms. The fourth-order valence-corrected chi connectivity index (χ4v) is 4.78. The van der Waals surface area contributed by atoms with Gasteiger partial charge in [0.05, 0.1) is 10.9 Å². The summed E-state index contributed by atoms with van der Waals surface area (Å²) < 4.78 is 40.6. The second kappa shape index (κ2) is 6.93. The largest absolute Gasteiger partial charge is 0.326 e. The maximum Gasteiger partial charge on any atom is 0.243 e. The number of carbonyl (C=O) groups excluding carboxylic acids is 1. The number of carbonyl (C=O) groups is 1. The molecule has 1 heterocycles. The Bertz CT molecular complexity index is 864. The fourth-order valence-electron chi connectivity index (χ4n) is 3.09. The standard InChI is InChI=1S/C18H19FN2O3S/c1-13(22)20-16-8-10-17(11-9-16)25(23,24)21-12-2-3-18(21)14-4-6-15(19)7-5-14/h4-11,18H,2-3,12H2,1H3,(H,20,22). The Morgan fingerprint density at radius 1 is 1.12 bits per heavy atom. The van der Waals surface area contributed by atoms with Gasteiger partial charge in [0.2, 0.25) is 15.9 Å². The highest BCUT2D eigenvalue weighted by Gasteiger charge is 2.36. The van der Waals surface area contributed by atoms with Gasteiger partial charge < -0.3 is 5.32 Å². The molecule has 1 atom stereocenters. The molecule has 1 fully saturated rings. The van der Waals surface area contributed by atoms with Gasteiger partial charge in [0.1, 0.15) is 5.82 Å². The zero-order valence-electron chi connectivity index (χ0n) is 13.8. The van der Waals surface area contributed by atoms with Crippen molar-refractivity contribution in [3.8, 4) is 0 Å². The summed E-state index contributed by atoms with van der Waals surface area (Å²) in [7, 11) is -3.66. The van der Waals surface area contributed by atoms with E-state index in [2.05, 4.69) is 5.32 Å². The quantitative estimate of drug-likeness (QED) is 0.907. The highest BCUT2D eigenvalue weighted by molar-refractivity contribution is 7.89. The Morgan fingerprint density at radius 3 is 2.36 bits per heavy atom. The zero-order chi connectivity index (χ0) is 18.0. The molecule has 2 aromatic carbocycles. The van der Waals surface area contributed by atoms with Gasteiger partial charge in [-0.05, 0) is 54.8 Å². The van der Waals surface area contributed by atoms with E-state index >= 15 is 0 Å². The van der Waals surface area contributed by atoms with Crippen LogP contribution in [0.5, 0.6) is 0 Å².